The Balaban J connectivity index is 1.62. The second kappa shape index (κ2) is 7.56. The van der Waals surface area contributed by atoms with Gasteiger partial charge in [0.2, 0.25) is 0 Å². The molecule has 5 heteroatoms. The molecule has 0 bridgehead atoms. The van der Waals surface area contributed by atoms with E-state index in [1.165, 1.54) is 0 Å². The van der Waals surface area contributed by atoms with Crippen LogP contribution in [0.3, 0.4) is 0 Å². The van der Waals surface area contributed by atoms with Gasteiger partial charge in [-0.2, -0.15) is 0 Å². The van der Waals surface area contributed by atoms with Gasteiger partial charge in [0, 0.05) is 29.4 Å². The van der Waals surface area contributed by atoms with E-state index in [-0.39, 0.29) is 0 Å². The van der Waals surface area contributed by atoms with Crippen molar-refractivity contribution in [2.45, 2.75) is 18.9 Å². The average Bonchev–Trinajstić information content (AvgIpc) is 3.15. The number of amidine groups is 1. The molecule has 0 spiro atoms. The highest BCUT2D eigenvalue weighted by Gasteiger charge is 2.26. The van der Waals surface area contributed by atoms with Crippen molar-refractivity contribution in [1.29, 1.82) is 0 Å². The molecule has 0 radical (unpaired) electrons. The molecule has 2 aromatic carbocycles. The lowest BCUT2D eigenvalue weighted by molar-refractivity contribution is 0.0739. The van der Waals surface area contributed by atoms with Crippen molar-refractivity contribution in [3.8, 4) is 0 Å². The van der Waals surface area contributed by atoms with Crippen molar-refractivity contribution < 1.29 is 4.74 Å². The molecule has 25 heavy (non-hydrogen) atoms. The number of hydrogen-bond donors (Lipinski definition) is 0. The minimum absolute atomic E-state index is 0.328. The topological polar surface area (TPSA) is 28.1 Å². The van der Waals surface area contributed by atoms with E-state index in [0.717, 1.165) is 54.8 Å². The van der Waals surface area contributed by atoms with E-state index in [2.05, 4.69) is 28.0 Å². The van der Waals surface area contributed by atoms with Crippen LogP contribution in [0.1, 0.15) is 18.4 Å². The normalized spacial score (nSPS) is 21.4. The van der Waals surface area contributed by atoms with Gasteiger partial charge in [-0.3, -0.25) is 9.89 Å². The van der Waals surface area contributed by atoms with Gasteiger partial charge in [0.1, 0.15) is 5.84 Å². The molecule has 1 saturated heterocycles. The SMILES string of the molecule is Clc1cccc(N2CN(CC3CCCO3)CN=C2c2ccccc2)c1. The molecule has 0 aromatic heterocycles. The maximum atomic E-state index is 6.23. The summed E-state index contributed by atoms with van der Waals surface area (Å²) < 4.78 is 5.80. The summed E-state index contributed by atoms with van der Waals surface area (Å²) in [5.41, 5.74) is 2.19. The number of hydrogen-bond acceptors (Lipinski definition) is 4. The van der Waals surface area contributed by atoms with E-state index >= 15 is 0 Å². The maximum absolute atomic E-state index is 6.23. The van der Waals surface area contributed by atoms with E-state index in [4.69, 9.17) is 21.3 Å². The summed E-state index contributed by atoms with van der Waals surface area (Å²) in [7, 11) is 0. The van der Waals surface area contributed by atoms with Gasteiger partial charge in [0.25, 0.3) is 0 Å². The predicted octanol–water partition coefficient (Wildman–Crippen LogP) is 4.00. The van der Waals surface area contributed by atoms with Gasteiger partial charge in [0.05, 0.1) is 19.4 Å². The molecule has 4 nitrogen and oxygen atoms in total. The van der Waals surface area contributed by atoms with E-state index in [1.807, 2.05) is 36.4 Å². The van der Waals surface area contributed by atoms with E-state index in [0.29, 0.717) is 12.8 Å². The number of anilines is 1. The van der Waals surface area contributed by atoms with Crippen molar-refractivity contribution in [3.63, 3.8) is 0 Å². The van der Waals surface area contributed by atoms with Gasteiger partial charge in [-0.15, -0.1) is 0 Å². The van der Waals surface area contributed by atoms with Crippen LogP contribution in [0.4, 0.5) is 5.69 Å². The molecule has 0 saturated carbocycles. The Morgan fingerprint density at radius 2 is 2.00 bits per heavy atom. The molecule has 130 valence electrons. The standard InChI is InChI=1S/C20H22ClN3O/c21-17-8-4-9-18(12-17)24-15-23(13-19-10-5-11-25-19)14-22-20(24)16-6-2-1-3-7-16/h1-4,6-9,12,19H,5,10-11,13-15H2. The van der Waals surface area contributed by atoms with Gasteiger partial charge in [-0.05, 0) is 31.0 Å². The molecule has 1 unspecified atom stereocenters. The molecular formula is C20H22ClN3O. The zero-order valence-electron chi connectivity index (χ0n) is 14.1. The molecule has 1 atom stereocenters. The molecule has 2 aromatic rings. The highest BCUT2D eigenvalue weighted by molar-refractivity contribution is 6.31. The summed E-state index contributed by atoms with van der Waals surface area (Å²) in [5.74, 6) is 0.992. The van der Waals surface area contributed by atoms with Crippen molar-refractivity contribution in [2.75, 3.05) is 31.4 Å². The summed E-state index contributed by atoms with van der Waals surface area (Å²) in [6.45, 7) is 3.28. The maximum Gasteiger partial charge on any atom is 0.137 e. The second-order valence-electron chi connectivity index (χ2n) is 6.53. The van der Waals surface area contributed by atoms with Crippen molar-refractivity contribution in [1.82, 2.24) is 4.90 Å². The van der Waals surface area contributed by atoms with Crippen LogP contribution in [0.2, 0.25) is 5.02 Å². The van der Waals surface area contributed by atoms with Crippen molar-refractivity contribution in [2.24, 2.45) is 4.99 Å². The Labute approximate surface area is 153 Å². The molecule has 2 aliphatic rings. The third kappa shape index (κ3) is 3.87. The molecule has 0 N–H and O–H groups in total. The van der Waals surface area contributed by atoms with E-state index < -0.39 is 0 Å². The van der Waals surface area contributed by atoms with Gasteiger partial charge in [-0.25, -0.2) is 0 Å². The van der Waals surface area contributed by atoms with Gasteiger partial charge in [-0.1, -0.05) is 48.0 Å². The zero-order valence-corrected chi connectivity index (χ0v) is 14.9. The number of rotatable bonds is 4. The zero-order chi connectivity index (χ0) is 17.1. The first-order valence-corrected chi connectivity index (χ1v) is 9.14. The fourth-order valence-electron chi connectivity index (χ4n) is 3.44. The summed E-state index contributed by atoms with van der Waals surface area (Å²) in [5, 5.41) is 0.737. The largest absolute Gasteiger partial charge is 0.377 e. The summed E-state index contributed by atoms with van der Waals surface area (Å²) in [6, 6.07) is 18.3. The van der Waals surface area contributed by atoms with Gasteiger partial charge >= 0.3 is 0 Å². The predicted molar refractivity (Wildman–Crippen MR) is 102 cm³/mol. The minimum Gasteiger partial charge on any atom is -0.377 e. The second-order valence-corrected chi connectivity index (χ2v) is 6.96. The average molecular weight is 356 g/mol. The van der Waals surface area contributed by atoms with Crippen LogP contribution in [0, 0.1) is 0 Å². The van der Waals surface area contributed by atoms with Crippen LogP contribution < -0.4 is 4.90 Å². The first kappa shape index (κ1) is 16.6. The Bertz CT molecular complexity index is 744. The summed E-state index contributed by atoms with van der Waals surface area (Å²) in [4.78, 5) is 9.45. The molecule has 0 aliphatic carbocycles. The molecule has 2 aliphatic heterocycles. The van der Waals surface area contributed by atoms with Crippen molar-refractivity contribution >= 4 is 23.1 Å². The number of ether oxygens (including phenoxy) is 1. The number of nitrogens with zero attached hydrogens (tertiary/aromatic N) is 3. The highest BCUT2D eigenvalue weighted by Crippen LogP contribution is 2.25. The molecule has 0 amide bonds. The molecule has 4 rings (SSSR count). The third-order valence-electron chi connectivity index (χ3n) is 4.66. The Hall–Kier alpha value is -1.88. The molecule has 2 heterocycles. The lowest BCUT2D eigenvalue weighted by Gasteiger charge is -2.37. The fraction of sp³-hybridized carbons (Fsp3) is 0.350. The Kier molecular flexibility index (Phi) is 5.02. The summed E-state index contributed by atoms with van der Waals surface area (Å²) >= 11 is 6.23. The molecular weight excluding hydrogens is 334 g/mol. The Morgan fingerprint density at radius 3 is 2.76 bits per heavy atom. The number of halogens is 1. The van der Waals surface area contributed by atoms with Gasteiger partial charge < -0.3 is 9.64 Å². The quantitative estimate of drug-likeness (QED) is 0.829. The number of benzene rings is 2. The van der Waals surface area contributed by atoms with Crippen LogP contribution in [0.5, 0.6) is 0 Å². The first-order valence-electron chi connectivity index (χ1n) is 8.76. The van der Waals surface area contributed by atoms with Gasteiger partial charge in [0.15, 0.2) is 0 Å². The fourth-order valence-corrected chi connectivity index (χ4v) is 3.62. The smallest absolute Gasteiger partial charge is 0.137 e. The minimum atomic E-state index is 0.328. The number of aliphatic imine (C=N–C) groups is 1. The Morgan fingerprint density at radius 1 is 1.12 bits per heavy atom. The monoisotopic (exact) mass is 355 g/mol. The van der Waals surface area contributed by atoms with E-state index in [1.54, 1.807) is 0 Å². The van der Waals surface area contributed by atoms with Crippen molar-refractivity contribution in [3.05, 3.63) is 65.2 Å². The summed E-state index contributed by atoms with van der Waals surface area (Å²) in [6.07, 6.45) is 2.63. The van der Waals surface area contributed by atoms with Crippen LogP contribution in [-0.2, 0) is 4.74 Å². The van der Waals surface area contributed by atoms with Crippen LogP contribution in [0.15, 0.2) is 59.6 Å². The van der Waals surface area contributed by atoms with Crippen LogP contribution in [0.25, 0.3) is 0 Å². The van der Waals surface area contributed by atoms with Crippen LogP contribution in [-0.4, -0.2) is 43.3 Å². The highest BCUT2D eigenvalue weighted by atomic mass is 35.5. The third-order valence-corrected chi connectivity index (χ3v) is 4.89. The van der Waals surface area contributed by atoms with Crippen LogP contribution >= 0.6 is 11.6 Å². The lowest BCUT2D eigenvalue weighted by atomic mass is 10.1. The molecule has 1 fully saturated rings. The first-order chi connectivity index (χ1) is 12.3. The lowest BCUT2D eigenvalue weighted by Crippen LogP contribution is -2.48. The van der Waals surface area contributed by atoms with E-state index in [9.17, 15) is 0 Å².